The minimum Gasteiger partial charge on any atom is -0.490 e. The van der Waals surface area contributed by atoms with Crippen molar-refractivity contribution in [2.24, 2.45) is 0 Å². The lowest BCUT2D eigenvalue weighted by atomic mass is 10.2. The number of aromatic nitrogens is 1. The number of halogens is 5. The van der Waals surface area contributed by atoms with Crippen molar-refractivity contribution in [1.82, 2.24) is 9.71 Å². The van der Waals surface area contributed by atoms with Crippen molar-refractivity contribution in [3.63, 3.8) is 0 Å². The van der Waals surface area contributed by atoms with Gasteiger partial charge in [0.05, 0.1) is 22.2 Å². The minimum atomic E-state index is -4.45. The topological polar surface area (TPSA) is 54.5 Å². The van der Waals surface area contributed by atoms with Crippen LogP contribution in [-0.2, 0) is 6.18 Å². The van der Waals surface area contributed by atoms with Gasteiger partial charge in [0.15, 0.2) is 0 Å². The fraction of sp³-hybridized carbons (Fsp3) is 0.429. The predicted octanol–water partition coefficient (Wildman–Crippen LogP) is 5.73. The summed E-state index contributed by atoms with van der Waals surface area (Å²) >= 11 is 7.36. The van der Waals surface area contributed by atoms with Gasteiger partial charge in [-0.05, 0) is 43.0 Å². The van der Waals surface area contributed by atoms with Gasteiger partial charge in [-0.15, -0.1) is 0 Å². The summed E-state index contributed by atoms with van der Waals surface area (Å²) < 4.78 is 61.0. The molecule has 11 heteroatoms. The lowest BCUT2D eigenvalue weighted by Crippen LogP contribution is -2.34. The van der Waals surface area contributed by atoms with Crippen LogP contribution in [-0.4, -0.2) is 35.3 Å². The molecule has 0 bridgehead atoms. The van der Waals surface area contributed by atoms with Crippen LogP contribution in [0.25, 0.3) is 0 Å². The second kappa shape index (κ2) is 10.2. The first kappa shape index (κ1) is 24.4. The summed E-state index contributed by atoms with van der Waals surface area (Å²) in [6.45, 7) is 4.52. The summed E-state index contributed by atoms with van der Waals surface area (Å²) in [6.07, 6.45) is -2.10. The SMILES string of the molecule is CC(C)SNC(=O)c1cc(Cl)c(OCC2CCCN2c2ccc(C(F)(F)F)cn2)cc1F. The molecule has 1 aromatic heterocycles. The molecule has 1 unspecified atom stereocenters. The molecule has 1 fully saturated rings. The lowest BCUT2D eigenvalue weighted by Gasteiger charge is -2.26. The van der Waals surface area contributed by atoms with Crippen LogP contribution in [0.5, 0.6) is 5.75 Å². The molecule has 1 saturated heterocycles. The number of carbonyl (C=O) groups is 1. The van der Waals surface area contributed by atoms with Crippen molar-refractivity contribution < 1.29 is 27.1 Å². The maximum absolute atomic E-state index is 14.5. The van der Waals surface area contributed by atoms with Crippen LogP contribution in [0.2, 0.25) is 5.02 Å². The zero-order valence-corrected chi connectivity index (χ0v) is 19.0. The molecule has 0 spiro atoms. The molecule has 174 valence electrons. The van der Waals surface area contributed by atoms with Gasteiger partial charge in [0.2, 0.25) is 0 Å². The summed E-state index contributed by atoms with van der Waals surface area (Å²) in [5, 5.41) is 0.219. The Hall–Kier alpha value is -2.20. The highest BCUT2D eigenvalue weighted by Crippen LogP contribution is 2.32. The highest BCUT2D eigenvalue weighted by Gasteiger charge is 2.32. The first-order chi connectivity index (χ1) is 15.1. The number of amides is 1. The predicted molar refractivity (Wildman–Crippen MR) is 117 cm³/mol. The van der Waals surface area contributed by atoms with Crippen molar-refractivity contribution in [2.75, 3.05) is 18.1 Å². The normalized spacial score (nSPS) is 16.5. The van der Waals surface area contributed by atoms with E-state index in [9.17, 15) is 22.4 Å². The molecule has 5 nitrogen and oxygen atoms in total. The molecule has 3 rings (SSSR count). The van der Waals surface area contributed by atoms with Gasteiger partial charge in [0, 0.05) is 24.1 Å². The number of nitrogens with zero attached hydrogens (tertiary/aromatic N) is 2. The molecule has 1 atom stereocenters. The maximum Gasteiger partial charge on any atom is 0.417 e. The van der Waals surface area contributed by atoms with Gasteiger partial charge in [-0.2, -0.15) is 13.2 Å². The Morgan fingerprint density at radius 3 is 2.75 bits per heavy atom. The van der Waals surface area contributed by atoms with Gasteiger partial charge in [-0.3, -0.25) is 9.52 Å². The zero-order chi connectivity index (χ0) is 23.5. The van der Waals surface area contributed by atoms with E-state index in [0.717, 1.165) is 31.2 Å². The summed E-state index contributed by atoms with van der Waals surface area (Å²) in [7, 11) is 0. The van der Waals surface area contributed by atoms with E-state index in [1.54, 1.807) is 0 Å². The van der Waals surface area contributed by atoms with Crippen LogP contribution in [0, 0.1) is 5.82 Å². The first-order valence-corrected chi connectivity index (χ1v) is 11.2. The number of rotatable bonds is 7. The molecular formula is C21H22ClF4N3O2S. The number of carbonyl (C=O) groups excluding carboxylic acids is 1. The van der Waals surface area contributed by atoms with Crippen molar-refractivity contribution in [1.29, 1.82) is 0 Å². The van der Waals surface area contributed by atoms with Crippen LogP contribution >= 0.6 is 23.5 Å². The van der Waals surface area contributed by atoms with Gasteiger partial charge >= 0.3 is 6.18 Å². The Morgan fingerprint density at radius 1 is 1.38 bits per heavy atom. The average molecular weight is 492 g/mol. The number of hydrogen-bond acceptors (Lipinski definition) is 5. The third-order valence-corrected chi connectivity index (χ3v) is 5.90. The van der Waals surface area contributed by atoms with E-state index >= 15 is 0 Å². The van der Waals surface area contributed by atoms with E-state index in [0.29, 0.717) is 12.4 Å². The van der Waals surface area contributed by atoms with Crippen LogP contribution < -0.4 is 14.4 Å². The van der Waals surface area contributed by atoms with E-state index in [4.69, 9.17) is 16.3 Å². The molecule has 1 aliphatic heterocycles. The Bertz CT molecular complexity index is 957. The highest BCUT2D eigenvalue weighted by molar-refractivity contribution is 7.98. The maximum atomic E-state index is 14.5. The second-order valence-corrected chi connectivity index (χ2v) is 9.35. The summed E-state index contributed by atoms with van der Waals surface area (Å²) in [4.78, 5) is 17.9. The Balaban J connectivity index is 1.66. The molecule has 2 heterocycles. The summed E-state index contributed by atoms with van der Waals surface area (Å²) in [5.41, 5.74) is -1.00. The van der Waals surface area contributed by atoms with Gasteiger partial charge in [0.1, 0.15) is 24.0 Å². The monoisotopic (exact) mass is 491 g/mol. The number of anilines is 1. The third-order valence-electron chi connectivity index (χ3n) is 4.83. The third kappa shape index (κ3) is 5.98. The number of nitrogens with one attached hydrogen (secondary N) is 1. The lowest BCUT2D eigenvalue weighted by molar-refractivity contribution is -0.137. The number of hydrogen-bond donors (Lipinski definition) is 1. The molecule has 0 radical (unpaired) electrons. The molecule has 32 heavy (non-hydrogen) atoms. The summed E-state index contributed by atoms with van der Waals surface area (Å²) in [5.74, 6) is -0.857. The van der Waals surface area contributed by atoms with Crippen molar-refractivity contribution >= 4 is 35.3 Å². The molecule has 0 aliphatic carbocycles. The minimum absolute atomic E-state index is 0.0864. The van der Waals surface area contributed by atoms with Crippen LogP contribution in [0.1, 0.15) is 42.6 Å². The van der Waals surface area contributed by atoms with Crippen molar-refractivity contribution in [2.45, 2.75) is 44.2 Å². The fourth-order valence-corrected chi connectivity index (χ4v) is 3.93. The number of alkyl halides is 3. The molecule has 2 aromatic rings. The molecule has 0 saturated carbocycles. The number of pyridine rings is 1. The van der Waals surface area contributed by atoms with Crippen LogP contribution in [0.4, 0.5) is 23.4 Å². The molecule has 1 amide bonds. The van der Waals surface area contributed by atoms with Gasteiger partial charge in [-0.1, -0.05) is 25.4 Å². The second-order valence-electron chi connectivity index (χ2n) is 7.56. The van der Waals surface area contributed by atoms with Gasteiger partial charge in [0.25, 0.3) is 5.91 Å². The largest absolute Gasteiger partial charge is 0.490 e. The standard InChI is InChI=1S/C21H22ClF4N3O2S/c1-12(2)32-28-20(30)15-8-16(22)18(9-17(15)23)31-11-14-4-3-7-29(14)19-6-5-13(10-27-19)21(24,25)26/h5-6,8-10,12,14H,3-4,7,11H2,1-2H3,(H,28,30). The quantitative estimate of drug-likeness (QED) is 0.396. The smallest absolute Gasteiger partial charge is 0.417 e. The Morgan fingerprint density at radius 2 is 2.12 bits per heavy atom. The van der Waals surface area contributed by atoms with E-state index in [-0.39, 0.29) is 34.2 Å². The average Bonchev–Trinajstić information content (AvgIpc) is 3.20. The van der Waals surface area contributed by atoms with E-state index in [2.05, 4.69) is 9.71 Å². The van der Waals surface area contributed by atoms with E-state index < -0.39 is 23.5 Å². The number of ether oxygens (including phenoxy) is 1. The molecule has 1 N–H and O–H groups in total. The van der Waals surface area contributed by atoms with Gasteiger partial charge < -0.3 is 9.64 Å². The first-order valence-electron chi connectivity index (χ1n) is 9.94. The molecule has 1 aliphatic rings. The van der Waals surface area contributed by atoms with E-state index in [1.807, 2.05) is 18.7 Å². The van der Waals surface area contributed by atoms with E-state index in [1.165, 1.54) is 24.1 Å². The molecule has 1 aromatic carbocycles. The number of benzene rings is 1. The van der Waals surface area contributed by atoms with Crippen molar-refractivity contribution in [3.8, 4) is 5.75 Å². The Kier molecular flexibility index (Phi) is 7.76. The Labute approximate surface area is 192 Å². The molecular weight excluding hydrogens is 470 g/mol. The van der Waals surface area contributed by atoms with Gasteiger partial charge in [-0.25, -0.2) is 9.37 Å². The fourth-order valence-electron chi connectivity index (χ4n) is 3.26. The highest BCUT2D eigenvalue weighted by atomic mass is 35.5. The zero-order valence-electron chi connectivity index (χ0n) is 17.4. The van der Waals surface area contributed by atoms with Crippen molar-refractivity contribution in [3.05, 3.63) is 52.4 Å². The summed E-state index contributed by atoms with van der Waals surface area (Å²) in [6, 6.07) is 4.44. The van der Waals surface area contributed by atoms with Crippen LogP contribution in [0.15, 0.2) is 30.5 Å². The van der Waals surface area contributed by atoms with Crippen LogP contribution in [0.3, 0.4) is 0 Å².